The van der Waals surface area contributed by atoms with Gasteiger partial charge in [0, 0.05) is 18.8 Å². The third kappa shape index (κ3) is 5.65. The van der Waals surface area contributed by atoms with Crippen LogP contribution in [0.5, 0.6) is 0 Å². The van der Waals surface area contributed by atoms with Gasteiger partial charge >= 0.3 is 11.9 Å². The lowest BCUT2D eigenvalue weighted by molar-refractivity contribution is -0.184. The van der Waals surface area contributed by atoms with Crippen molar-refractivity contribution in [1.82, 2.24) is 34.6 Å². The van der Waals surface area contributed by atoms with Crippen LogP contribution in [0.15, 0.2) is 27.6 Å². The van der Waals surface area contributed by atoms with E-state index in [0.29, 0.717) is 53.8 Å². The van der Waals surface area contributed by atoms with E-state index in [-0.39, 0.29) is 42.4 Å². The van der Waals surface area contributed by atoms with Gasteiger partial charge in [-0.05, 0) is 80.9 Å². The largest absolute Gasteiger partial charge is 0.439 e. The maximum atomic E-state index is 13.4. The fourth-order valence-corrected chi connectivity index (χ4v) is 6.07. The fraction of sp³-hybridized carbons (Fsp3) is 0.586. The van der Waals surface area contributed by atoms with Crippen molar-refractivity contribution in [1.29, 1.82) is 0 Å². The second-order valence-electron chi connectivity index (χ2n) is 12.1. The van der Waals surface area contributed by atoms with Gasteiger partial charge in [-0.1, -0.05) is 25.4 Å². The Bertz CT molecular complexity index is 1610. The Morgan fingerprint density at radius 2 is 1.86 bits per heavy atom. The van der Waals surface area contributed by atoms with Gasteiger partial charge in [0.25, 0.3) is 0 Å². The molecule has 6 rings (SSSR count). The van der Waals surface area contributed by atoms with Crippen molar-refractivity contribution >= 4 is 17.0 Å². The molecule has 13 heteroatoms. The molecule has 0 spiro atoms. The van der Waals surface area contributed by atoms with Gasteiger partial charge in [-0.3, -0.25) is 14.5 Å². The van der Waals surface area contributed by atoms with Gasteiger partial charge < -0.3 is 9.88 Å². The molecule has 4 aromatic rings. The van der Waals surface area contributed by atoms with E-state index in [0.717, 1.165) is 18.4 Å². The van der Waals surface area contributed by atoms with Crippen LogP contribution in [0.2, 0.25) is 0 Å². The third-order valence-corrected chi connectivity index (χ3v) is 8.91. The van der Waals surface area contributed by atoms with E-state index in [2.05, 4.69) is 46.2 Å². The first-order chi connectivity index (χ1) is 20.1. The fourth-order valence-electron chi connectivity index (χ4n) is 6.07. The molecule has 0 radical (unpaired) electrons. The normalized spacial score (nSPS) is 20.6. The van der Waals surface area contributed by atoms with Crippen molar-refractivity contribution in [2.75, 3.05) is 5.32 Å². The molecule has 2 aliphatic rings. The van der Waals surface area contributed by atoms with Crippen molar-refractivity contribution in [3.8, 4) is 23.2 Å². The maximum Gasteiger partial charge on any atom is 0.439 e. The molecule has 4 aromatic heterocycles. The SMILES string of the molecule is CC(C)c1ccnc(-c2nc3nc(-c4noc(=O)[nH]4)nc(N[C@H](C)C4CCC4)c3n2C[C@H]2CC[C@H](C(F)(F)F)CC2)c1. The first kappa shape index (κ1) is 28.4. The minimum atomic E-state index is -4.17. The van der Waals surface area contributed by atoms with Gasteiger partial charge in [0.15, 0.2) is 17.3 Å². The number of anilines is 1. The average Bonchev–Trinajstić information content (AvgIpc) is 3.51. The quantitative estimate of drug-likeness (QED) is 0.246. The average molecular weight is 585 g/mol. The molecule has 1 atom stereocenters. The number of alkyl halides is 3. The van der Waals surface area contributed by atoms with Gasteiger partial charge in [-0.2, -0.15) is 13.2 Å². The molecule has 224 valence electrons. The monoisotopic (exact) mass is 584 g/mol. The van der Waals surface area contributed by atoms with Crippen LogP contribution in [0, 0.1) is 17.8 Å². The minimum Gasteiger partial charge on any atom is -0.365 e. The van der Waals surface area contributed by atoms with Crippen molar-refractivity contribution < 1.29 is 17.7 Å². The lowest BCUT2D eigenvalue weighted by atomic mass is 9.80. The van der Waals surface area contributed by atoms with Gasteiger partial charge in [0.05, 0.1) is 5.92 Å². The first-order valence-electron chi connectivity index (χ1n) is 14.7. The summed E-state index contributed by atoms with van der Waals surface area (Å²) in [5, 5.41) is 7.35. The molecule has 2 aliphatic carbocycles. The smallest absolute Gasteiger partial charge is 0.365 e. The Morgan fingerprint density at radius 3 is 2.48 bits per heavy atom. The minimum absolute atomic E-state index is 0.0245. The van der Waals surface area contributed by atoms with Crippen LogP contribution in [0.4, 0.5) is 19.0 Å². The topological polar surface area (TPSA) is 127 Å². The zero-order valence-corrected chi connectivity index (χ0v) is 23.9. The summed E-state index contributed by atoms with van der Waals surface area (Å²) in [4.78, 5) is 33.2. The molecule has 0 saturated heterocycles. The van der Waals surface area contributed by atoms with Gasteiger partial charge in [-0.15, -0.1) is 0 Å². The first-order valence-corrected chi connectivity index (χ1v) is 14.7. The Labute approximate surface area is 240 Å². The molecule has 0 bridgehead atoms. The van der Waals surface area contributed by atoms with E-state index < -0.39 is 17.9 Å². The lowest BCUT2D eigenvalue weighted by Crippen LogP contribution is -2.31. The summed E-state index contributed by atoms with van der Waals surface area (Å²) in [5.41, 5.74) is 2.77. The number of halogens is 3. The van der Waals surface area contributed by atoms with Crippen LogP contribution in [-0.2, 0) is 6.54 Å². The number of pyridine rings is 1. The zero-order valence-electron chi connectivity index (χ0n) is 23.9. The molecule has 2 N–H and O–H groups in total. The van der Waals surface area contributed by atoms with Crippen molar-refractivity contribution in [3.05, 3.63) is 34.4 Å². The van der Waals surface area contributed by atoms with Gasteiger partial charge in [-0.25, -0.2) is 19.7 Å². The van der Waals surface area contributed by atoms with Crippen LogP contribution in [0.3, 0.4) is 0 Å². The number of nitrogens with zero attached hydrogens (tertiary/aromatic N) is 6. The number of rotatable bonds is 8. The number of imidazole rings is 1. The molecule has 0 aromatic carbocycles. The maximum absolute atomic E-state index is 13.4. The highest BCUT2D eigenvalue weighted by Crippen LogP contribution is 2.41. The Morgan fingerprint density at radius 1 is 1.10 bits per heavy atom. The van der Waals surface area contributed by atoms with Gasteiger partial charge in [0.1, 0.15) is 11.2 Å². The van der Waals surface area contributed by atoms with Crippen molar-refractivity contribution in [2.45, 2.75) is 90.4 Å². The number of aromatic nitrogens is 7. The molecule has 0 unspecified atom stereocenters. The molecular weight excluding hydrogens is 549 g/mol. The van der Waals surface area contributed by atoms with E-state index in [1.807, 2.05) is 16.7 Å². The zero-order chi connectivity index (χ0) is 29.6. The van der Waals surface area contributed by atoms with E-state index in [9.17, 15) is 18.0 Å². The van der Waals surface area contributed by atoms with Gasteiger partial charge in [0.2, 0.25) is 11.6 Å². The Hall–Kier alpha value is -3.77. The molecule has 0 aliphatic heterocycles. The predicted molar refractivity (Wildman–Crippen MR) is 151 cm³/mol. The van der Waals surface area contributed by atoms with E-state index >= 15 is 0 Å². The number of hydrogen-bond donors (Lipinski definition) is 2. The summed E-state index contributed by atoms with van der Waals surface area (Å²) in [6.45, 7) is 6.77. The van der Waals surface area contributed by atoms with Crippen LogP contribution in [-0.4, -0.2) is 46.9 Å². The second kappa shape index (κ2) is 11.1. The van der Waals surface area contributed by atoms with Crippen LogP contribution in [0.25, 0.3) is 34.3 Å². The second-order valence-corrected chi connectivity index (χ2v) is 12.1. The molecule has 42 heavy (non-hydrogen) atoms. The molecular formula is C29H35F3N8O2. The Kier molecular flexibility index (Phi) is 7.52. The molecule has 2 fully saturated rings. The standard InChI is InChI=1S/C29H35F3N8O2/c1-15(2)19-11-12-33-21(13-19)27-37-24-22(40(27)14-17-7-9-20(10-8-17)29(30,31)32)23(34-16(3)18-5-4-6-18)35-25(36-24)26-38-28(41)42-39-26/h11-13,15-18,20H,4-10,14H2,1-3H3,(H,34,35,36)(H,38,39,41)/t16-,17-,20-/m1/s1. The van der Waals surface area contributed by atoms with E-state index in [1.54, 1.807) is 6.20 Å². The Balaban J connectivity index is 1.48. The summed E-state index contributed by atoms with van der Waals surface area (Å²) in [5.74, 6) is 0.142. The van der Waals surface area contributed by atoms with Crippen LogP contribution in [0.1, 0.15) is 77.2 Å². The number of fused-ring (bicyclic) bond motifs is 1. The summed E-state index contributed by atoms with van der Waals surface area (Å²) < 4.78 is 47.0. The molecule has 0 amide bonds. The number of nitrogens with one attached hydrogen (secondary N) is 2. The highest BCUT2D eigenvalue weighted by molar-refractivity contribution is 5.88. The van der Waals surface area contributed by atoms with Crippen LogP contribution >= 0.6 is 0 Å². The number of H-pyrrole nitrogens is 1. The summed E-state index contributed by atoms with van der Waals surface area (Å²) in [6, 6.07) is 4.07. The summed E-state index contributed by atoms with van der Waals surface area (Å²) >= 11 is 0. The summed E-state index contributed by atoms with van der Waals surface area (Å²) in [6.07, 6.45) is 2.14. The molecule has 2 saturated carbocycles. The van der Waals surface area contributed by atoms with Crippen molar-refractivity contribution in [2.24, 2.45) is 17.8 Å². The van der Waals surface area contributed by atoms with E-state index in [1.165, 1.54) is 6.42 Å². The number of hydrogen-bond acceptors (Lipinski definition) is 8. The third-order valence-electron chi connectivity index (χ3n) is 8.91. The van der Waals surface area contributed by atoms with Crippen molar-refractivity contribution in [3.63, 3.8) is 0 Å². The van der Waals surface area contributed by atoms with E-state index in [4.69, 9.17) is 14.5 Å². The molecule has 4 heterocycles. The lowest BCUT2D eigenvalue weighted by Gasteiger charge is -2.32. The highest BCUT2D eigenvalue weighted by Gasteiger charge is 2.41. The predicted octanol–water partition coefficient (Wildman–Crippen LogP) is 6.32. The number of aromatic amines is 1. The van der Waals surface area contributed by atoms with Crippen LogP contribution < -0.4 is 11.1 Å². The highest BCUT2D eigenvalue weighted by atomic mass is 19.4. The molecule has 10 nitrogen and oxygen atoms in total. The summed E-state index contributed by atoms with van der Waals surface area (Å²) in [7, 11) is 0.